The van der Waals surface area contributed by atoms with Gasteiger partial charge in [0.1, 0.15) is 5.82 Å². The molecule has 0 aliphatic heterocycles. The summed E-state index contributed by atoms with van der Waals surface area (Å²) in [5.41, 5.74) is 5.56. The first-order chi connectivity index (χ1) is 7.13. The molecular weight excluding hydrogens is 192 g/mol. The van der Waals surface area contributed by atoms with Gasteiger partial charge in [0, 0.05) is 12.6 Å². The second-order valence-corrected chi connectivity index (χ2v) is 4.02. The molecule has 1 unspecified atom stereocenters. The maximum Gasteiger partial charge on any atom is 0.229 e. The topological polar surface area (TPSA) is 83.8 Å². The predicted molar refractivity (Wildman–Crippen MR) is 59.2 cm³/mol. The summed E-state index contributed by atoms with van der Waals surface area (Å²) in [6.45, 7) is 4.52. The molecular formula is C10H18N4O. The van der Waals surface area contributed by atoms with Crippen LogP contribution in [0.15, 0.2) is 12.3 Å². The molecule has 0 fully saturated rings. The Hall–Kier alpha value is -1.36. The number of aromatic nitrogens is 2. The molecule has 1 heterocycles. The fraction of sp³-hybridized carbons (Fsp3) is 0.600. The van der Waals surface area contributed by atoms with Crippen LogP contribution in [0.2, 0.25) is 0 Å². The lowest BCUT2D eigenvalue weighted by Crippen LogP contribution is -2.30. The molecule has 4 N–H and O–H groups in total. The standard InChI is InChI=1S/C10H18N4O/c1-7(2)5-8(6-11)10(15)13-9-3-4-12-14-9/h3-4,7-8H,5-6,11H2,1-2H3,(H2,12,13,14,15). The van der Waals surface area contributed by atoms with Crippen LogP contribution in [0.4, 0.5) is 5.82 Å². The minimum absolute atomic E-state index is 0.0459. The van der Waals surface area contributed by atoms with Crippen molar-refractivity contribution in [3.8, 4) is 0 Å². The highest BCUT2D eigenvalue weighted by Crippen LogP contribution is 2.12. The second-order valence-electron chi connectivity index (χ2n) is 4.02. The van der Waals surface area contributed by atoms with Gasteiger partial charge < -0.3 is 11.1 Å². The smallest absolute Gasteiger partial charge is 0.229 e. The van der Waals surface area contributed by atoms with Crippen LogP contribution in [0, 0.1) is 11.8 Å². The molecule has 5 heteroatoms. The normalized spacial score (nSPS) is 12.8. The van der Waals surface area contributed by atoms with Gasteiger partial charge in [0.15, 0.2) is 0 Å². The number of rotatable bonds is 5. The van der Waals surface area contributed by atoms with Crippen LogP contribution < -0.4 is 11.1 Å². The van der Waals surface area contributed by atoms with Crippen molar-refractivity contribution in [2.24, 2.45) is 17.6 Å². The van der Waals surface area contributed by atoms with Gasteiger partial charge in [-0.15, -0.1) is 0 Å². The van der Waals surface area contributed by atoms with Crippen molar-refractivity contribution >= 4 is 11.7 Å². The highest BCUT2D eigenvalue weighted by atomic mass is 16.2. The molecule has 1 rings (SSSR count). The minimum atomic E-state index is -0.131. The molecule has 84 valence electrons. The van der Waals surface area contributed by atoms with Gasteiger partial charge in [-0.2, -0.15) is 5.10 Å². The summed E-state index contributed by atoms with van der Waals surface area (Å²) in [6.07, 6.45) is 2.39. The van der Waals surface area contributed by atoms with E-state index in [2.05, 4.69) is 29.4 Å². The van der Waals surface area contributed by atoms with Crippen molar-refractivity contribution in [3.05, 3.63) is 12.3 Å². The van der Waals surface area contributed by atoms with Gasteiger partial charge in [-0.1, -0.05) is 13.8 Å². The van der Waals surface area contributed by atoms with Crippen LogP contribution in [0.25, 0.3) is 0 Å². The summed E-state index contributed by atoms with van der Waals surface area (Å²) in [5, 5.41) is 9.17. The molecule has 0 radical (unpaired) electrons. The summed E-state index contributed by atoms with van der Waals surface area (Å²) in [4.78, 5) is 11.7. The van der Waals surface area contributed by atoms with Crippen molar-refractivity contribution in [2.45, 2.75) is 20.3 Å². The molecule has 1 atom stereocenters. The Balaban J connectivity index is 2.50. The van der Waals surface area contributed by atoms with Crippen molar-refractivity contribution in [1.29, 1.82) is 0 Å². The molecule has 5 nitrogen and oxygen atoms in total. The van der Waals surface area contributed by atoms with Crippen LogP contribution in [0.5, 0.6) is 0 Å². The lowest BCUT2D eigenvalue weighted by molar-refractivity contribution is -0.120. The van der Waals surface area contributed by atoms with Gasteiger partial charge in [0.2, 0.25) is 5.91 Å². The van der Waals surface area contributed by atoms with Crippen LogP contribution in [0.3, 0.4) is 0 Å². The molecule has 1 aromatic rings. The number of hydrogen-bond acceptors (Lipinski definition) is 3. The Bertz CT molecular complexity index is 294. The highest BCUT2D eigenvalue weighted by Gasteiger charge is 2.18. The summed E-state index contributed by atoms with van der Waals surface area (Å²) in [7, 11) is 0. The summed E-state index contributed by atoms with van der Waals surface area (Å²) in [5.74, 6) is 0.900. The third-order valence-electron chi connectivity index (χ3n) is 2.17. The number of aromatic amines is 1. The van der Waals surface area contributed by atoms with Gasteiger partial charge in [0.25, 0.3) is 0 Å². The molecule has 0 bridgehead atoms. The van der Waals surface area contributed by atoms with Gasteiger partial charge >= 0.3 is 0 Å². The Morgan fingerprint density at radius 1 is 1.67 bits per heavy atom. The van der Waals surface area contributed by atoms with Gasteiger partial charge in [-0.05, 0) is 12.3 Å². The van der Waals surface area contributed by atoms with Crippen LogP contribution >= 0.6 is 0 Å². The van der Waals surface area contributed by atoms with Crippen molar-refractivity contribution in [2.75, 3.05) is 11.9 Å². The van der Waals surface area contributed by atoms with Crippen molar-refractivity contribution in [3.63, 3.8) is 0 Å². The van der Waals surface area contributed by atoms with E-state index < -0.39 is 0 Å². The average Bonchev–Trinajstić information content (AvgIpc) is 2.66. The number of carbonyl (C=O) groups is 1. The predicted octanol–water partition coefficient (Wildman–Crippen LogP) is 0.969. The summed E-state index contributed by atoms with van der Waals surface area (Å²) >= 11 is 0. The Kier molecular flexibility index (Phi) is 4.30. The van der Waals surface area contributed by atoms with Crippen molar-refractivity contribution < 1.29 is 4.79 Å². The number of carbonyl (C=O) groups excluding carboxylic acids is 1. The fourth-order valence-electron chi connectivity index (χ4n) is 1.44. The number of amides is 1. The molecule has 1 aromatic heterocycles. The monoisotopic (exact) mass is 210 g/mol. The second kappa shape index (κ2) is 5.50. The lowest BCUT2D eigenvalue weighted by atomic mass is 9.96. The van der Waals surface area contributed by atoms with Crippen molar-refractivity contribution in [1.82, 2.24) is 10.2 Å². The number of anilines is 1. The third-order valence-corrected chi connectivity index (χ3v) is 2.17. The zero-order valence-corrected chi connectivity index (χ0v) is 9.16. The lowest BCUT2D eigenvalue weighted by Gasteiger charge is -2.15. The minimum Gasteiger partial charge on any atom is -0.330 e. The van der Waals surface area contributed by atoms with E-state index in [0.29, 0.717) is 18.3 Å². The molecule has 0 saturated heterocycles. The Morgan fingerprint density at radius 3 is 2.87 bits per heavy atom. The summed E-state index contributed by atoms with van der Waals surface area (Å²) in [6, 6.07) is 1.71. The Labute approximate surface area is 89.4 Å². The zero-order valence-electron chi connectivity index (χ0n) is 9.16. The quantitative estimate of drug-likeness (QED) is 0.677. The van der Waals surface area contributed by atoms with Crippen LogP contribution in [-0.2, 0) is 4.79 Å². The molecule has 0 spiro atoms. The molecule has 0 aromatic carbocycles. The van der Waals surface area contributed by atoms with Gasteiger partial charge in [-0.25, -0.2) is 0 Å². The molecule has 0 saturated carbocycles. The maximum absolute atomic E-state index is 11.7. The van der Waals surface area contributed by atoms with E-state index >= 15 is 0 Å². The van der Waals surface area contributed by atoms with E-state index in [1.807, 2.05) is 0 Å². The maximum atomic E-state index is 11.7. The number of hydrogen-bond donors (Lipinski definition) is 3. The molecule has 0 aliphatic carbocycles. The van der Waals surface area contributed by atoms with Crippen LogP contribution in [0.1, 0.15) is 20.3 Å². The average molecular weight is 210 g/mol. The number of nitrogens with zero attached hydrogens (tertiary/aromatic N) is 1. The molecule has 0 aliphatic rings. The highest BCUT2D eigenvalue weighted by molar-refractivity contribution is 5.91. The largest absolute Gasteiger partial charge is 0.330 e. The molecule has 1 amide bonds. The van der Waals surface area contributed by atoms with E-state index in [4.69, 9.17) is 5.73 Å². The number of nitrogens with two attached hydrogens (primary N) is 1. The first kappa shape index (κ1) is 11.7. The Morgan fingerprint density at radius 2 is 2.40 bits per heavy atom. The van der Waals surface area contributed by atoms with E-state index in [1.165, 1.54) is 0 Å². The zero-order chi connectivity index (χ0) is 11.3. The van der Waals surface area contributed by atoms with E-state index in [0.717, 1.165) is 6.42 Å². The SMILES string of the molecule is CC(C)CC(CN)C(=O)Nc1ccn[nH]1. The van der Waals surface area contributed by atoms with E-state index in [-0.39, 0.29) is 11.8 Å². The number of H-pyrrole nitrogens is 1. The number of nitrogens with one attached hydrogen (secondary N) is 2. The first-order valence-electron chi connectivity index (χ1n) is 5.13. The first-order valence-corrected chi connectivity index (χ1v) is 5.13. The molecule has 15 heavy (non-hydrogen) atoms. The van der Waals surface area contributed by atoms with Gasteiger partial charge in [-0.3, -0.25) is 9.89 Å². The van der Waals surface area contributed by atoms with E-state index in [1.54, 1.807) is 12.3 Å². The van der Waals surface area contributed by atoms with Gasteiger partial charge in [0.05, 0.1) is 12.1 Å². The summed E-state index contributed by atoms with van der Waals surface area (Å²) < 4.78 is 0. The fourth-order valence-corrected chi connectivity index (χ4v) is 1.44. The van der Waals surface area contributed by atoms with E-state index in [9.17, 15) is 4.79 Å². The van der Waals surface area contributed by atoms with Crippen LogP contribution in [-0.4, -0.2) is 22.6 Å². The third kappa shape index (κ3) is 3.71.